The highest BCUT2D eigenvalue weighted by Gasteiger charge is 2.17. The SMILES string of the molecule is CCc1cccc2c(C3=CCN(c4ncccn4)CC3)c[nH]c12. The second kappa shape index (κ2) is 5.88. The van der Waals surface area contributed by atoms with E-state index in [1.54, 1.807) is 12.4 Å². The first kappa shape index (κ1) is 14.0. The van der Waals surface area contributed by atoms with Gasteiger partial charge in [0.2, 0.25) is 5.95 Å². The largest absolute Gasteiger partial charge is 0.360 e. The molecular formula is C19H20N4. The van der Waals surface area contributed by atoms with E-state index >= 15 is 0 Å². The van der Waals surface area contributed by atoms with E-state index in [0.717, 1.165) is 31.9 Å². The molecule has 0 unspecified atom stereocenters. The minimum Gasteiger partial charge on any atom is -0.360 e. The minimum atomic E-state index is 0.815. The molecule has 0 amide bonds. The average molecular weight is 304 g/mol. The van der Waals surface area contributed by atoms with Crippen molar-refractivity contribution in [1.29, 1.82) is 0 Å². The summed E-state index contributed by atoms with van der Waals surface area (Å²) in [6.45, 7) is 4.02. The maximum atomic E-state index is 4.34. The Morgan fingerprint density at radius 1 is 1.17 bits per heavy atom. The van der Waals surface area contributed by atoms with Crippen molar-refractivity contribution in [3.8, 4) is 0 Å². The fraction of sp³-hybridized carbons (Fsp3) is 0.263. The lowest BCUT2D eigenvalue weighted by Crippen LogP contribution is -2.29. The molecule has 1 aromatic carbocycles. The van der Waals surface area contributed by atoms with Crippen molar-refractivity contribution < 1.29 is 0 Å². The zero-order valence-corrected chi connectivity index (χ0v) is 13.3. The molecule has 1 N–H and O–H groups in total. The summed E-state index contributed by atoms with van der Waals surface area (Å²) < 4.78 is 0. The average Bonchev–Trinajstić information content (AvgIpc) is 3.07. The number of benzene rings is 1. The third kappa shape index (κ3) is 2.50. The van der Waals surface area contributed by atoms with Gasteiger partial charge in [0.1, 0.15) is 0 Å². The van der Waals surface area contributed by atoms with Crippen LogP contribution in [0.5, 0.6) is 0 Å². The van der Waals surface area contributed by atoms with Crippen LogP contribution in [0.4, 0.5) is 5.95 Å². The van der Waals surface area contributed by atoms with Crippen LogP contribution in [0.1, 0.15) is 24.5 Å². The zero-order valence-electron chi connectivity index (χ0n) is 13.3. The van der Waals surface area contributed by atoms with Gasteiger partial charge < -0.3 is 9.88 Å². The molecule has 0 saturated carbocycles. The molecule has 0 saturated heterocycles. The van der Waals surface area contributed by atoms with E-state index in [4.69, 9.17) is 0 Å². The molecule has 2 aromatic heterocycles. The van der Waals surface area contributed by atoms with E-state index in [9.17, 15) is 0 Å². The van der Waals surface area contributed by atoms with Crippen LogP contribution in [0.15, 0.2) is 48.9 Å². The number of hydrogen-bond acceptors (Lipinski definition) is 3. The Labute approximate surface area is 135 Å². The monoisotopic (exact) mass is 304 g/mol. The van der Waals surface area contributed by atoms with Gasteiger partial charge in [0, 0.05) is 48.1 Å². The van der Waals surface area contributed by atoms with Gasteiger partial charge in [-0.3, -0.25) is 0 Å². The second-order valence-corrected chi connectivity index (χ2v) is 5.87. The van der Waals surface area contributed by atoms with E-state index in [1.165, 1.54) is 27.6 Å². The lowest BCUT2D eigenvalue weighted by molar-refractivity contribution is 0.796. The summed E-state index contributed by atoms with van der Waals surface area (Å²) in [5.74, 6) is 0.815. The van der Waals surface area contributed by atoms with Gasteiger partial charge in [-0.1, -0.05) is 31.2 Å². The number of H-pyrrole nitrogens is 1. The highest BCUT2D eigenvalue weighted by Crippen LogP contribution is 2.31. The van der Waals surface area contributed by atoms with Crippen molar-refractivity contribution in [2.45, 2.75) is 19.8 Å². The van der Waals surface area contributed by atoms with Gasteiger partial charge in [0.05, 0.1) is 0 Å². The standard InChI is InChI=1S/C19H20N4/c1-2-14-5-3-6-16-17(13-22-18(14)16)15-7-11-23(12-8-15)19-20-9-4-10-21-19/h3-7,9-10,13,22H,2,8,11-12H2,1H3. The molecule has 1 aliphatic rings. The molecule has 1 aliphatic heterocycles. The Hall–Kier alpha value is -2.62. The number of rotatable bonds is 3. The van der Waals surface area contributed by atoms with Crippen LogP contribution < -0.4 is 4.90 Å². The van der Waals surface area contributed by atoms with Crippen LogP contribution in [0.3, 0.4) is 0 Å². The Balaban J connectivity index is 1.64. The fourth-order valence-corrected chi connectivity index (χ4v) is 3.33. The van der Waals surface area contributed by atoms with Crippen LogP contribution in [0.2, 0.25) is 0 Å². The van der Waals surface area contributed by atoms with Gasteiger partial charge in [-0.2, -0.15) is 0 Å². The Morgan fingerprint density at radius 2 is 2.04 bits per heavy atom. The maximum absolute atomic E-state index is 4.34. The number of aromatic amines is 1. The summed E-state index contributed by atoms with van der Waals surface area (Å²) in [7, 11) is 0. The first-order chi connectivity index (χ1) is 11.4. The summed E-state index contributed by atoms with van der Waals surface area (Å²) in [5, 5.41) is 1.33. The third-order valence-electron chi connectivity index (χ3n) is 4.57. The van der Waals surface area contributed by atoms with Crippen molar-refractivity contribution in [3.63, 3.8) is 0 Å². The van der Waals surface area contributed by atoms with Crippen LogP contribution in [-0.4, -0.2) is 28.0 Å². The summed E-state index contributed by atoms with van der Waals surface area (Å²) in [4.78, 5) is 14.4. The molecule has 0 aliphatic carbocycles. The molecule has 4 heteroatoms. The Bertz CT molecular complexity index is 848. The highest BCUT2D eigenvalue weighted by atomic mass is 15.2. The summed E-state index contributed by atoms with van der Waals surface area (Å²) >= 11 is 0. The van der Waals surface area contributed by atoms with E-state index in [-0.39, 0.29) is 0 Å². The van der Waals surface area contributed by atoms with E-state index in [0.29, 0.717) is 0 Å². The van der Waals surface area contributed by atoms with E-state index in [1.807, 2.05) is 6.07 Å². The number of fused-ring (bicyclic) bond motifs is 1. The lowest BCUT2D eigenvalue weighted by Gasteiger charge is -2.26. The molecule has 4 nitrogen and oxygen atoms in total. The molecular weight excluding hydrogens is 284 g/mol. The fourth-order valence-electron chi connectivity index (χ4n) is 3.33. The third-order valence-corrected chi connectivity index (χ3v) is 4.57. The quantitative estimate of drug-likeness (QED) is 0.800. The van der Waals surface area contributed by atoms with Gasteiger partial charge in [-0.05, 0) is 30.0 Å². The second-order valence-electron chi connectivity index (χ2n) is 5.87. The Morgan fingerprint density at radius 3 is 2.78 bits per heavy atom. The number of nitrogens with one attached hydrogen (secondary N) is 1. The van der Waals surface area contributed by atoms with Crippen molar-refractivity contribution in [2.24, 2.45) is 0 Å². The molecule has 0 fully saturated rings. The number of para-hydroxylation sites is 1. The number of nitrogens with zero attached hydrogens (tertiary/aromatic N) is 3. The first-order valence-electron chi connectivity index (χ1n) is 8.17. The molecule has 116 valence electrons. The number of anilines is 1. The van der Waals surface area contributed by atoms with Gasteiger partial charge in [0.25, 0.3) is 0 Å². The van der Waals surface area contributed by atoms with Gasteiger partial charge >= 0.3 is 0 Å². The van der Waals surface area contributed by atoms with Crippen LogP contribution in [0, 0.1) is 0 Å². The number of aryl methyl sites for hydroxylation is 1. The topological polar surface area (TPSA) is 44.8 Å². The summed E-state index contributed by atoms with van der Waals surface area (Å²) in [6, 6.07) is 8.43. The predicted molar refractivity (Wildman–Crippen MR) is 94.5 cm³/mol. The van der Waals surface area contributed by atoms with Crippen molar-refractivity contribution >= 4 is 22.4 Å². The van der Waals surface area contributed by atoms with E-state index < -0.39 is 0 Å². The van der Waals surface area contributed by atoms with E-state index in [2.05, 4.69) is 57.2 Å². The molecule has 4 rings (SSSR count). The molecule has 23 heavy (non-hydrogen) atoms. The smallest absolute Gasteiger partial charge is 0.225 e. The summed E-state index contributed by atoms with van der Waals surface area (Å²) in [6.07, 6.45) is 10.1. The molecule has 0 bridgehead atoms. The van der Waals surface area contributed by atoms with Gasteiger partial charge in [0.15, 0.2) is 0 Å². The number of hydrogen-bond donors (Lipinski definition) is 1. The first-order valence-corrected chi connectivity index (χ1v) is 8.17. The molecule has 0 spiro atoms. The van der Waals surface area contributed by atoms with Crippen LogP contribution in [0.25, 0.3) is 16.5 Å². The molecule has 3 heterocycles. The zero-order chi connectivity index (χ0) is 15.6. The lowest BCUT2D eigenvalue weighted by atomic mass is 9.98. The van der Waals surface area contributed by atoms with Crippen LogP contribution >= 0.6 is 0 Å². The van der Waals surface area contributed by atoms with Crippen molar-refractivity contribution in [1.82, 2.24) is 15.0 Å². The highest BCUT2D eigenvalue weighted by molar-refractivity contribution is 5.94. The number of aromatic nitrogens is 3. The predicted octanol–water partition coefficient (Wildman–Crippen LogP) is 3.81. The molecule has 3 aromatic rings. The summed E-state index contributed by atoms with van der Waals surface area (Å²) in [5.41, 5.74) is 5.41. The van der Waals surface area contributed by atoms with Gasteiger partial charge in [-0.25, -0.2) is 9.97 Å². The van der Waals surface area contributed by atoms with Crippen molar-refractivity contribution in [3.05, 3.63) is 60.1 Å². The molecule has 0 radical (unpaired) electrons. The minimum absolute atomic E-state index is 0.815. The molecule has 0 atom stereocenters. The normalized spacial score (nSPS) is 15.0. The van der Waals surface area contributed by atoms with Gasteiger partial charge in [-0.15, -0.1) is 0 Å². The van der Waals surface area contributed by atoms with Crippen molar-refractivity contribution in [2.75, 3.05) is 18.0 Å². The Kier molecular flexibility index (Phi) is 3.58. The van der Waals surface area contributed by atoms with Crippen LogP contribution in [-0.2, 0) is 6.42 Å². The maximum Gasteiger partial charge on any atom is 0.225 e.